The first-order valence-electron chi connectivity index (χ1n) is 10.9. The lowest BCUT2D eigenvalue weighted by atomic mass is 10.3. The Kier molecular flexibility index (Phi) is 4.65. The van der Waals surface area contributed by atoms with Crippen LogP contribution >= 0.6 is 11.8 Å². The molecule has 0 aliphatic heterocycles. The Labute approximate surface area is 190 Å². The van der Waals surface area contributed by atoms with Gasteiger partial charge in [-0.05, 0) is 44.7 Å². The molecular formula is C22H20F2N6O2S. The maximum Gasteiger partial charge on any atom is 0.330 e. The summed E-state index contributed by atoms with van der Waals surface area (Å²) in [7, 11) is 0. The van der Waals surface area contributed by atoms with Crippen LogP contribution in [-0.4, -0.2) is 29.1 Å². The number of aromatic nitrogens is 6. The van der Waals surface area contributed by atoms with Gasteiger partial charge in [0.25, 0.3) is 5.56 Å². The third-order valence-electron chi connectivity index (χ3n) is 6.09. The molecule has 0 bridgehead atoms. The van der Waals surface area contributed by atoms with E-state index in [1.165, 1.54) is 11.8 Å². The summed E-state index contributed by atoms with van der Waals surface area (Å²) < 4.78 is 30.4. The van der Waals surface area contributed by atoms with Crippen molar-refractivity contribution in [2.75, 3.05) is 0 Å². The second-order valence-corrected chi connectivity index (χ2v) is 9.92. The minimum absolute atomic E-state index is 0.0112. The lowest BCUT2D eigenvalue weighted by Gasteiger charge is -2.16. The van der Waals surface area contributed by atoms with Gasteiger partial charge >= 0.3 is 12.2 Å². The minimum atomic E-state index is -2.76. The van der Waals surface area contributed by atoms with E-state index in [-0.39, 0.29) is 23.2 Å². The summed E-state index contributed by atoms with van der Waals surface area (Å²) in [6.07, 6.45) is 3.59. The van der Waals surface area contributed by atoms with E-state index in [1.54, 1.807) is 35.8 Å². The first-order chi connectivity index (χ1) is 15.9. The van der Waals surface area contributed by atoms with Gasteiger partial charge in [-0.1, -0.05) is 23.9 Å². The summed E-state index contributed by atoms with van der Waals surface area (Å²) in [5.74, 6) is 0.985. The van der Waals surface area contributed by atoms with Gasteiger partial charge in [0.2, 0.25) is 0 Å². The molecule has 1 unspecified atom stereocenters. The Balaban J connectivity index is 1.52. The van der Waals surface area contributed by atoms with Crippen molar-refractivity contribution in [2.45, 2.75) is 61.4 Å². The number of fused-ring (bicyclic) bond motifs is 2. The van der Waals surface area contributed by atoms with E-state index in [9.17, 15) is 18.4 Å². The summed E-state index contributed by atoms with van der Waals surface area (Å²) >= 11 is 1.19. The van der Waals surface area contributed by atoms with Crippen LogP contribution < -0.4 is 11.2 Å². The summed E-state index contributed by atoms with van der Waals surface area (Å²) in [5.41, 5.74) is 0.124. The second-order valence-electron chi connectivity index (χ2n) is 8.59. The molecule has 0 saturated heterocycles. The quantitative estimate of drug-likeness (QED) is 0.333. The molecule has 6 rings (SSSR count). The van der Waals surface area contributed by atoms with Gasteiger partial charge in [-0.3, -0.25) is 18.9 Å². The van der Waals surface area contributed by atoms with Crippen molar-refractivity contribution in [3.05, 3.63) is 56.8 Å². The van der Waals surface area contributed by atoms with Gasteiger partial charge in [0.05, 0.1) is 16.3 Å². The minimum Gasteiger partial charge on any atom is -0.274 e. The molecule has 4 aromatic rings. The molecule has 3 aromatic heterocycles. The fraction of sp³-hybridized carbons (Fsp3) is 0.409. The zero-order chi connectivity index (χ0) is 22.9. The molecule has 170 valence electrons. The lowest BCUT2D eigenvalue weighted by Crippen LogP contribution is -2.31. The number of rotatable bonds is 6. The molecule has 33 heavy (non-hydrogen) atoms. The number of nitrogens with zero attached hydrogens (tertiary/aromatic N) is 5. The molecule has 1 aromatic carbocycles. The molecule has 3 heterocycles. The predicted molar refractivity (Wildman–Crippen MR) is 120 cm³/mol. The van der Waals surface area contributed by atoms with Crippen molar-refractivity contribution < 1.29 is 8.78 Å². The monoisotopic (exact) mass is 470 g/mol. The van der Waals surface area contributed by atoms with E-state index in [0.717, 1.165) is 30.3 Å². The number of para-hydroxylation sites is 2. The maximum atomic E-state index is 14.0. The van der Waals surface area contributed by atoms with Gasteiger partial charge in [0, 0.05) is 12.0 Å². The Hall–Kier alpha value is -3.08. The number of nitrogens with one attached hydrogen (secondary N) is 1. The fourth-order valence-electron chi connectivity index (χ4n) is 4.19. The summed E-state index contributed by atoms with van der Waals surface area (Å²) in [6.45, 7) is -0.997. The Bertz CT molecular complexity index is 1520. The van der Waals surface area contributed by atoms with Crippen LogP contribution in [0.5, 0.6) is 0 Å². The molecule has 8 nitrogen and oxygen atoms in total. The van der Waals surface area contributed by atoms with Crippen LogP contribution in [0.1, 0.15) is 68.0 Å². The van der Waals surface area contributed by atoms with Crippen molar-refractivity contribution in [3.63, 3.8) is 0 Å². The van der Waals surface area contributed by atoms with Crippen LogP contribution in [-0.2, 0) is 0 Å². The van der Waals surface area contributed by atoms with E-state index < -0.39 is 23.0 Å². The highest BCUT2D eigenvalue weighted by molar-refractivity contribution is 7.99. The summed E-state index contributed by atoms with van der Waals surface area (Å²) in [5, 5.41) is 0.0811. The molecule has 0 radical (unpaired) electrons. The van der Waals surface area contributed by atoms with Crippen LogP contribution in [0.3, 0.4) is 0 Å². The van der Waals surface area contributed by atoms with E-state index in [4.69, 9.17) is 0 Å². The number of thioether (sulfide) groups is 1. The van der Waals surface area contributed by atoms with Gasteiger partial charge in [-0.25, -0.2) is 19.7 Å². The largest absolute Gasteiger partial charge is 0.330 e. The predicted octanol–water partition coefficient (Wildman–Crippen LogP) is 4.29. The third-order valence-corrected chi connectivity index (χ3v) is 7.18. The second kappa shape index (κ2) is 7.47. The lowest BCUT2D eigenvalue weighted by molar-refractivity contribution is 0.0715. The van der Waals surface area contributed by atoms with Crippen molar-refractivity contribution in [1.82, 2.24) is 29.1 Å². The number of alkyl halides is 2. The number of halogens is 2. The molecule has 0 amide bonds. The van der Waals surface area contributed by atoms with E-state index in [0.29, 0.717) is 27.5 Å². The Morgan fingerprint density at radius 1 is 1.09 bits per heavy atom. The molecule has 2 saturated carbocycles. The van der Waals surface area contributed by atoms with Gasteiger partial charge in [-0.2, -0.15) is 8.78 Å². The molecule has 2 fully saturated rings. The summed E-state index contributed by atoms with van der Waals surface area (Å²) in [6, 6.07) is 6.76. The number of benzene rings is 1. The summed E-state index contributed by atoms with van der Waals surface area (Å²) in [4.78, 5) is 41.5. The van der Waals surface area contributed by atoms with Crippen LogP contribution in [0.4, 0.5) is 8.78 Å². The average molecular weight is 471 g/mol. The standard InChI is InChI=1S/C22H20F2N6O2S/c1-10(17-25-13-4-2-3-5-14(13)30(17)21(23)24)33-20-15-18(26-16(27-20)11-6-7-11)29(12-8-9-12)22(32)28-19(15)31/h2-5,10-12,21H,6-9H2,1H3,(H,28,31,32). The molecule has 1 N–H and O–H groups in total. The van der Waals surface area contributed by atoms with Gasteiger partial charge in [0.1, 0.15) is 22.1 Å². The highest BCUT2D eigenvalue weighted by Crippen LogP contribution is 2.43. The number of hydrogen-bond donors (Lipinski definition) is 1. The first kappa shape index (κ1) is 20.5. The number of H-pyrrole nitrogens is 1. The number of aromatic amines is 1. The highest BCUT2D eigenvalue weighted by Gasteiger charge is 2.33. The maximum absolute atomic E-state index is 14.0. The molecule has 11 heteroatoms. The normalized spacial score (nSPS) is 17.3. The van der Waals surface area contributed by atoms with Crippen molar-refractivity contribution in [1.29, 1.82) is 0 Å². The van der Waals surface area contributed by atoms with Crippen LogP contribution in [0.15, 0.2) is 38.9 Å². The highest BCUT2D eigenvalue weighted by atomic mass is 32.2. The van der Waals surface area contributed by atoms with Crippen molar-refractivity contribution >= 4 is 33.8 Å². The van der Waals surface area contributed by atoms with Crippen molar-refractivity contribution in [3.8, 4) is 0 Å². The van der Waals surface area contributed by atoms with Gasteiger partial charge in [0.15, 0.2) is 5.65 Å². The van der Waals surface area contributed by atoms with Crippen LogP contribution in [0, 0.1) is 0 Å². The molecule has 2 aliphatic carbocycles. The molecule has 0 spiro atoms. The first-order valence-corrected chi connectivity index (χ1v) is 11.8. The molecule has 2 aliphatic rings. The average Bonchev–Trinajstić information content (AvgIpc) is 3.69. The van der Waals surface area contributed by atoms with E-state index in [1.807, 2.05) is 0 Å². The fourth-order valence-corrected chi connectivity index (χ4v) is 5.24. The number of hydrogen-bond acceptors (Lipinski definition) is 6. The van der Waals surface area contributed by atoms with E-state index in [2.05, 4.69) is 19.9 Å². The van der Waals surface area contributed by atoms with Gasteiger partial charge in [-0.15, -0.1) is 0 Å². The van der Waals surface area contributed by atoms with Crippen LogP contribution in [0.25, 0.3) is 22.1 Å². The van der Waals surface area contributed by atoms with Crippen LogP contribution in [0.2, 0.25) is 0 Å². The SMILES string of the molecule is CC(Sc1nc(C2CC2)nc2c1c(=O)[nH]c(=O)n2C1CC1)c1nc2ccccc2n1C(F)F. The van der Waals surface area contributed by atoms with Crippen molar-refractivity contribution in [2.24, 2.45) is 0 Å². The topological polar surface area (TPSA) is 98.5 Å². The smallest absolute Gasteiger partial charge is 0.274 e. The zero-order valence-electron chi connectivity index (χ0n) is 17.7. The third kappa shape index (κ3) is 3.45. The van der Waals surface area contributed by atoms with Gasteiger partial charge < -0.3 is 0 Å². The Morgan fingerprint density at radius 2 is 1.85 bits per heavy atom. The number of imidazole rings is 1. The zero-order valence-corrected chi connectivity index (χ0v) is 18.5. The van der Waals surface area contributed by atoms with E-state index >= 15 is 0 Å². The molecule has 1 atom stereocenters. The molecular weight excluding hydrogens is 450 g/mol. The Morgan fingerprint density at radius 3 is 2.55 bits per heavy atom.